The summed E-state index contributed by atoms with van der Waals surface area (Å²) in [6, 6.07) is 14.4. The number of ether oxygens (including phenoxy) is 1. The molecule has 0 aromatic heterocycles. The highest BCUT2D eigenvalue weighted by atomic mass is 16.6. The summed E-state index contributed by atoms with van der Waals surface area (Å²) in [6.45, 7) is 1.73. The van der Waals surface area contributed by atoms with Gasteiger partial charge in [0.15, 0.2) is 0 Å². The van der Waals surface area contributed by atoms with Crippen LogP contribution in [0, 0.1) is 10.1 Å². The Labute approximate surface area is 157 Å². The number of anilines is 1. The molecule has 1 heterocycles. The molecule has 7 nitrogen and oxygen atoms in total. The van der Waals surface area contributed by atoms with Crippen LogP contribution < -0.4 is 5.73 Å². The van der Waals surface area contributed by atoms with Gasteiger partial charge in [0, 0.05) is 31.3 Å². The molecule has 1 fully saturated rings. The quantitative estimate of drug-likeness (QED) is 0.350. The van der Waals surface area contributed by atoms with Crippen molar-refractivity contribution in [3.05, 3.63) is 69.8 Å². The Morgan fingerprint density at radius 2 is 2.04 bits per heavy atom. The van der Waals surface area contributed by atoms with Crippen LogP contribution in [0.3, 0.4) is 0 Å². The van der Waals surface area contributed by atoms with Gasteiger partial charge >= 0.3 is 0 Å². The first kappa shape index (κ1) is 18.8. The van der Waals surface area contributed by atoms with Crippen molar-refractivity contribution in [2.75, 3.05) is 25.4 Å². The first-order chi connectivity index (χ1) is 13.0. The fourth-order valence-corrected chi connectivity index (χ4v) is 3.24. The summed E-state index contributed by atoms with van der Waals surface area (Å²) in [5.41, 5.74) is 6.97. The number of carbonyl (C=O) groups is 1. The number of carbonyl (C=O) groups excluding carboxylic acids is 1. The molecule has 1 aliphatic heterocycles. The molecule has 7 heteroatoms. The molecule has 1 unspecified atom stereocenters. The molecule has 2 aromatic rings. The standard InChI is InChI=1S/C20H23N3O4/c21-18-9-8-16(13-19(18)23(25)26)20(24)22-11-10-17(14-22)27-12-4-7-15-5-2-1-3-6-15/h1-3,5-6,8-9,13,17H,4,7,10-12,14,21H2. The van der Waals surface area contributed by atoms with Crippen molar-refractivity contribution in [3.8, 4) is 0 Å². The Morgan fingerprint density at radius 3 is 2.78 bits per heavy atom. The van der Waals surface area contributed by atoms with Crippen molar-refractivity contribution < 1.29 is 14.5 Å². The van der Waals surface area contributed by atoms with Gasteiger partial charge in [0.2, 0.25) is 0 Å². The summed E-state index contributed by atoms with van der Waals surface area (Å²) in [4.78, 5) is 24.7. The molecule has 2 N–H and O–H groups in total. The van der Waals surface area contributed by atoms with Crippen molar-refractivity contribution >= 4 is 17.3 Å². The van der Waals surface area contributed by atoms with Crippen molar-refractivity contribution in [1.82, 2.24) is 4.90 Å². The van der Waals surface area contributed by atoms with Gasteiger partial charge in [0.1, 0.15) is 5.69 Å². The fourth-order valence-electron chi connectivity index (χ4n) is 3.24. The summed E-state index contributed by atoms with van der Waals surface area (Å²) in [7, 11) is 0. The van der Waals surface area contributed by atoms with Crippen LogP contribution in [0.1, 0.15) is 28.8 Å². The first-order valence-corrected chi connectivity index (χ1v) is 9.03. The Balaban J connectivity index is 1.48. The van der Waals surface area contributed by atoms with Crippen LogP contribution in [0.4, 0.5) is 11.4 Å². The number of nitrogens with two attached hydrogens (primary N) is 1. The van der Waals surface area contributed by atoms with E-state index in [0.717, 1.165) is 19.3 Å². The van der Waals surface area contributed by atoms with E-state index in [0.29, 0.717) is 19.7 Å². The molecule has 0 saturated carbocycles. The van der Waals surface area contributed by atoms with Gasteiger partial charge in [-0.1, -0.05) is 30.3 Å². The third-order valence-corrected chi connectivity index (χ3v) is 4.71. The Bertz CT molecular complexity index is 810. The average Bonchev–Trinajstić information content (AvgIpc) is 3.14. The van der Waals surface area contributed by atoms with Gasteiger partial charge in [-0.25, -0.2) is 0 Å². The largest absolute Gasteiger partial charge is 0.393 e. The van der Waals surface area contributed by atoms with Gasteiger partial charge in [-0.15, -0.1) is 0 Å². The zero-order valence-electron chi connectivity index (χ0n) is 15.0. The first-order valence-electron chi connectivity index (χ1n) is 9.03. The smallest absolute Gasteiger partial charge is 0.292 e. The lowest BCUT2D eigenvalue weighted by molar-refractivity contribution is -0.383. The highest BCUT2D eigenvalue weighted by Gasteiger charge is 2.28. The molecule has 0 bridgehead atoms. The van der Waals surface area contributed by atoms with Crippen LogP contribution >= 0.6 is 0 Å². The van der Waals surface area contributed by atoms with Gasteiger partial charge in [-0.05, 0) is 37.0 Å². The molecule has 1 aliphatic rings. The number of rotatable bonds is 7. The monoisotopic (exact) mass is 369 g/mol. The highest BCUT2D eigenvalue weighted by molar-refractivity contribution is 5.95. The van der Waals surface area contributed by atoms with E-state index in [2.05, 4.69) is 12.1 Å². The van der Waals surface area contributed by atoms with E-state index in [9.17, 15) is 14.9 Å². The number of hydrogen-bond donors (Lipinski definition) is 1. The van der Waals surface area contributed by atoms with E-state index in [1.165, 1.54) is 23.8 Å². The van der Waals surface area contributed by atoms with E-state index in [1.54, 1.807) is 4.90 Å². The van der Waals surface area contributed by atoms with Gasteiger partial charge in [-0.3, -0.25) is 14.9 Å². The molecule has 1 saturated heterocycles. The summed E-state index contributed by atoms with van der Waals surface area (Å²) >= 11 is 0. The van der Waals surface area contributed by atoms with Gasteiger partial charge in [0.25, 0.3) is 11.6 Å². The fraction of sp³-hybridized carbons (Fsp3) is 0.350. The number of nitrogen functional groups attached to an aromatic ring is 1. The number of likely N-dealkylation sites (tertiary alicyclic amines) is 1. The zero-order valence-corrected chi connectivity index (χ0v) is 15.0. The number of benzene rings is 2. The number of nitro groups is 1. The predicted molar refractivity (Wildman–Crippen MR) is 103 cm³/mol. The molecule has 0 aliphatic carbocycles. The third-order valence-electron chi connectivity index (χ3n) is 4.71. The van der Waals surface area contributed by atoms with E-state index < -0.39 is 4.92 Å². The number of nitrogens with zero attached hydrogens (tertiary/aromatic N) is 2. The van der Waals surface area contributed by atoms with Crippen LogP contribution in [0.25, 0.3) is 0 Å². The van der Waals surface area contributed by atoms with E-state index in [1.807, 2.05) is 18.2 Å². The molecule has 0 radical (unpaired) electrons. The van der Waals surface area contributed by atoms with Gasteiger partial charge < -0.3 is 15.4 Å². The van der Waals surface area contributed by atoms with Gasteiger partial charge in [0.05, 0.1) is 11.0 Å². The number of amides is 1. The summed E-state index contributed by atoms with van der Waals surface area (Å²) < 4.78 is 5.90. The van der Waals surface area contributed by atoms with Crippen molar-refractivity contribution in [1.29, 1.82) is 0 Å². The van der Waals surface area contributed by atoms with Crippen molar-refractivity contribution in [2.45, 2.75) is 25.4 Å². The summed E-state index contributed by atoms with van der Waals surface area (Å²) in [5.74, 6) is -0.228. The van der Waals surface area contributed by atoms with Crippen LogP contribution in [0.2, 0.25) is 0 Å². The minimum atomic E-state index is -0.575. The minimum absolute atomic E-state index is 0.00786. The maximum absolute atomic E-state index is 12.6. The van der Waals surface area contributed by atoms with E-state index in [-0.39, 0.29) is 28.9 Å². The van der Waals surface area contributed by atoms with Crippen molar-refractivity contribution in [2.24, 2.45) is 0 Å². The predicted octanol–water partition coefficient (Wildman–Crippen LogP) is 3.04. The second-order valence-electron chi connectivity index (χ2n) is 6.65. The van der Waals surface area contributed by atoms with Crippen LogP contribution in [0.15, 0.2) is 48.5 Å². The Hall–Kier alpha value is -2.93. The molecule has 1 atom stereocenters. The molecular weight excluding hydrogens is 346 g/mol. The Morgan fingerprint density at radius 1 is 1.26 bits per heavy atom. The maximum atomic E-state index is 12.6. The topological polar surface area (TPSA) is 98.7 Å². The zero-order chi connectivity index (χ0) is 19.2. The number of hydrogen-bond acceptors (Lipinski definition) is 5. The van der Waals surface area contributed by atoms with Crippen LogP contribution in [-0.4, -0.2) is 41.5 Å². The SMILES string of the molecule is Nc1ccc(C(=O)N2CCC(OCCCc3ccccc3)C2)cc1[N+](=O)[O-]. The average molecular weight is 369 g/mol. The lowest BCUT2D eigenvalue weighted by Crippen LogP contribution is -2.30. The van der Waals surface area contributed by atoms with Gasteiger partial charge in [-0.2, -0.15) is 0 Å². The van der Waals surface area contributed by atoms with Crippen molar-refractivity contribution in [3.63, 3.8) is 0 Å². The normalized spacial score (nSPS) is 16.4. The van der Waals surface area contributed by atoms with Crippen LogP contribution in [0.5, 0.6) is 0 Å². The lowest BCUT2D eigenvalue weighted by Gasteiger charge is -2.17. The highest BCUT2D eigenvalue weighted by Crippen LogP contribution is 2.24. The summed E-state index contributed by atoms with van der Waals surface area (Å²) in [5, 5.41) is 11.0. The molecule has 27 heavy (non-hydrogen) atoms. The van der Waals surface area contributed by atoms with E-state index >= 15 is 0 Å². The minimum Gasteiger partial charge on any atom is -0.393 e. The number of aryl methyl sites for hydroxylation is 1. The Kier molecular flexibility index (Phi) is 6.03. The molecule has 142 valence electrons. The molecular formula is C20H23N3O4. The van der Waals surface area contributed by atoms with Crippen LogP contribution in [-0.2, 0) is 11.2 Å². The second kappa shape index (κ2) is 8.64. The molecule has 0 spiro atoms. The molecule has 1 amide bonds. The third kappa shape index (κ3) is 4.83. The second-order valence-corrected chi connectivity index (χ2v) is 6.65. The summed E-state index contributed by atoms with van der Waals surface area (Å²) in [6.07, 6.45) is 2.67. The maximum Gasteiger partial charge on any atom is 0.292 e. The molecule has 3 rings (SSSR count). The lowest BCUT2D eigenvalue weighted by atomic mass is 10.1. The number of nitro benzene ring substituents is 1. The molecule has 2 aromatic carbocycles. The van der Waals surface area contributed by atoms with E-state index in [4.69, 9.17) is 10.5 Å².